The highest BCUT2D eigenvalue weighted by molar-refractivity contribution is 7.91. The topological polar surface area (TPSA) is 84.0 Å². The lowest BCUT2D eigenvalue weighted by atomic mass is 10.3. The summed E-state index contributed by atoms with van der Waals surface area (Å²) in [5.74, 6) is -1.20. The zero-order valence-electron chi connectivity index (χ0n) is 12.6. The lowest BCUT2D eigenvalue weighted by molar-refractivity contribution is -0.200. The molecule has 1 aliphatic rings. The number of halogens is 1. The summed E-state index contributed by atoms with van der Waals surface area (Å²) in [6.45, 7) is 0.855. The lowest BCUT2D eigenvalue weighted by Gasteiger charge is -2.31. The van der Waals surface area contributed by atoms with Gasteiger partial charge in [0.2, 0.25) is 0 Å². The molecular weight excluding hydrogens is 376 g/mol. The Balaban J connectivity index is 1.85. The van der Waals surface area contributed by atoms with E-state index in [1.807, 2.05) is 0 Å². The van der Waals surface area contributed by atoms with Gasteiger partial charge in [-0.2, -0.15) is 9.37 Å². The SMILES string of the molecule is CC(=O)ON1CCN(S(=O)(=O)c2cc3ccc(Cl)cc3s2)CC1=O. The largest absolute Gasteiger partial charge is 0.338 e. The third-order valence-electron chi connectivity index (χ3n) is 3.43. The molecule has 0 radical (unpaired) electrons. The molecule has 0 saturated carbocycles. The number of fused-ring (bicyclic) bond motifs is 1. The Labute approximate surface area is 147 Å². The van der Waals surface area contributed by atoms with Crippen LogP contribution < -0.4 is 0 Å². The smallest absolute Gasteiger partial charge is 0.329 e. The highest BCUT2D eigenvalue weighted by Gasteiger charge is 2.35. The van der Waals surface area contributed by atoms with Crippen molar-refractivity contribution in [2.24, 2.45) is 0 Å². The number of rotatable bonds is 3. The van der Waals surface area contributed by atoms with Crippen molar-refractivity contribution in [1.29, 1.82) is 0 Å². The minimum absolute atomic E-state index is 0.00559. The van der Waals surface area contributed by atoms with E-state index in [0.717, 1.165) is 30.8 Å². The van der Waals surface area contributed by atoms with E-state index in [1.165, 1.54) is 6.92 Å². The van der Waals surface area contributed by atoms with Gasteiger partial charge in [-0.05, 0) is 23.6 Å². The van der Waals surface area contributed by atoms with Gasteiger partial charge >= 0.3 is 5.97 Å². The van der Waals surface area contributed by atoms with Gasteiger partial charge in [0, 0.05) is 23.2 Å². The minimum atomic E-state index is -3.80. The van der Waals surface area contributed by atoms with Crippen LogP contribution in [0.5, 0.6) is 0 Å². The summed E-state index contributed by atoms with van der Waals surface area (Å²) in [7, 11) is -3.80. The molecule has 0 unspecified atom stereocenters. The fraction of sp³-hybridized carbons (Fsp3) is 0.286. The standard InChI is InChI=1S/C14H13ClN2O5S2/c1-9(18)22-17-5-4-16(8-13(17)19)24(20,21)14-6-10-2-3-11(15)7-12(10)23-14/h2-3,6-7H,4-5,8H2,1H3. The lowest BCUT2D eigenvalue weighted by Crippen LogP contribution is -2.52. The monoisotopic (exact) mass is 388 g/mol. The van der Waals surface area contributed by atoms with Gasteiger partial charge in [0.05, 0.1) is 13.1 Å². The van der Waals surface area contributed by atoms with Gasteiger partial charge in [-0.15, -0.1) is 11.3 Å². The van der Waals surface area contributed by atoms with E-state index in [-0.39, 0.29) is 23.8 Å². The number of hydroxylamine groups is 2. The number of hydrogen-bond donors (Lipinski definition) is 0. The summed E-state index contributed by atoms with van der Waals surface area (Å²) in [6, 6.07) is 6.70. The second kappa shape index (κ2) is 6.32. The van der Waals surface area contributed by atoms with Gasteiger partial charge in [-0.25, -0.2) is 8.42 Å². The number of nitrogens with zero attached hydrogens (tertiary/aromatic N) is 2. The molecule has 2 heterocycles. The molecule has 0 atom stereocenters. The highest BCUT2D eigenvalue weighted by atomic mass is 35.5. The van der Waals surface area contributed by atoms with Crippen LogP contribution >= 0.6 is 22.9 Å². The van der Waals surface area contributed by atoms with Crippen molar-refractivity contribution >= 4 is 54.9 Å². The molecule has 1 aromatic carbocycles. The Hall–Kier alpha value is -1.68. The molecular formula is C14H13ClN2O5S2. The molecule has 0 N–H and O–H groups in total. The Morgan fingerprint density at radius 1 is 1.29 bits per heavy atom. The summed E-state index contributed by atoms with van der Waals surface area (Å²) in [5.41, 5.74) is 0. The van der Waals surface area contributed by atoms with Crippen molar-refractivity contribution in [2.75, 3.05) is 19.6 Å². The van der Waals surface area contributed by atoms with Crippen molar-refractivity contribution in [2.45, 2.75) is 11.1 Å². The second-order valence-corrected chi connectivity index (χ2v) is 8.85. The van der Waals surface area contributed by atoms with E-state index in [1.54, 1.807) is 24.3 Å². The average Bonchev–Trinajstić information content (AvgIpc) is 2.92. The maximum absolute atomic E-state index is 12.7. The number of carbonyl (C=O) groups excluding carboxylic acids is 2. The number of hydrogen-bond acceptors (Lipinski definition) is 6. The fourth-order valence-corrected chi connectivity index (χ4v) is 5.54. The van der Waals surface area contributed by atoms with Gasteiger partial charge < -0.3 is 4.84 Å². The summed E-state index contributed by atoms with van der Waals surface area (Å²) >= 11 is 7.02. The van der Waals surface area contributed by atoms with Gasteiger partial charge in [-0.3, -0.25) is 9.59 Å². The maximum Gasteiger partial charge on any atom is 0.329 e. The zero-order valence-corrected chi connectivity index (χ0v) is 14.9. The molecule has 10 heteroatoms. The van der Waals surface area contributed by atoms with Crippen LogP contribution in [0.2, 0.25) is 5.02 Å². The molecule has 7 nitrogen and oxygen atoms in total. The molecule has 1 fully saturated rings. The van der Waals surface area contributed by atoms with Crippen molar-refractivity contribution in [3.05, 3.63) is 29.3 Å². The molecule has 24 heavy (non-hydrogen) atoms. The summed E-state index contributed by atoms with van der Waals surface area (Å²) < 4.78 is 27.5. The second-order valence-electron chi connectivity index (χ2n) is 5.16. The third kappa shape index (κ3) is 3.25. The van der Waals surface area contributed by atoms with E-state index in [0.29, 0.717) is 5.02 Å². The Kier molecular flexibility index (Phi) is 4.52. The van der Waals surface area contributed by atoms with Gasteiger partial charge in [-0.1, -0.05) is 17.7 Å². The van der Waals surface area contributed by atoms with E-state index in [2.05, 4.69) is 0 Å². The van der Waals surface area contributed by atoms with Crippen molar-refractivity contribution < 1.29 is 22.8 Å². The molecule has 1 aromatic heterocycles. The Bertz CT molecular complexity index is 924. The quantitative estimate of drug-likeness (QED) is 0.801. The summed E-state index contributed by atoms with van der Waals surface area (Å²) in [5, 5.41) is 2.19. The fourth-order valence-electron chi connectivity index (χ4n) is 2.33. The molecule has 3 rings (SSSR count). The van der Waals surface area contributed by atoms with Crippen LogP contribution in [0.25, 0.3) is 10.1 Å². The van der Waals surface area contributed by atoms with E-state index in [9.17, 15) is 18.0 Å². The minimum Gasteiger partial charge on any atom is -0.338 e. The summed E-state index contributed by atoms with van der Waals surface area (Å²) in [4.78, 5) is 27.6. The normalized spacial score (nSPS) is 16.6. The number of benzene rings is 1. The van der Waals surface area contributed by atoms with Crippen molar-refractivity contribution in [3.8, 4) is 0 Å². The number of amides is 1. The number of sulfonamides is 1. The predicted octanol–water partition coefficient (Wildman–Crippen LogP) is 1.87. The van der Waals surface area contributed by atoms with Crippen LogP contribution in [0.3, 0.4) is 0 Å². The first-order chi connectivity index (χ1) is 11.3. The molecule has 1 amide bonds. The molecule has 1 aliphatic heterocycles. The number of carbonyl (C=O) groups is 2. The van der Waals surface area contributed by atoms with Crippen LogP contribution in [-0.2, 0) is 24.4 Å². The van der Waals surface area contributed by atoms with E-state index in [4.69, 9.17) is 16.4 Å². The molecule has 0 spiro atoms. The van der Waals surface area contributed by atoms with Gasteiger partial charge in [0.1, 0.15) is 4.21 Å². The third-order valence-corrected chi connectivity index (χ3v) is 7.06. The van der Waals surface area contributed by atoms with Crippen molar-refractivity contribution in [3.63, 3.8) is 0 Å². The van der Waals surface area contributed by atoms with E-state index < -0.39 is 21.9 Å². The predicted molar refractivity (Wildman–Crippen MR) is 89.1 cm³/mol. The summed E-state index contributed by atoms with van der Waals surface area (Å²) in [6.07, 6.45) is 0. The van der Waals surface area contributed by atoms with Gasteiger partial charge in [0.25, 0.3) is 15.9 Å². The first kappa shape index (κ1) is 17.2. The Morgan fingerprint density at radius 3 is 2.71 bits per heavy atom. The van der Waals surface area contributed by atoms with Crippen LogP contribution in [0, 0.1) is 0 Å². The van der Waals surface area contributed by atoms with Crippen LogP contribution in [-0.4, -0.2) is 49.3 Å². The average molecular weight is 389 g/mol. The molecule has 0 aliphatic carbocycles. The van der Waals surface area contributed by atoms with Gasteiger partial charge in [0.15, 0.2) is 0 Å². The first-order valence-corrected chi connectivity index (χ1v) is 9.59. The van der Waals surface area contributed by atoms with E-state index >= 15 is 0 Å². The molecule has 0 bridgehead atoms. The number of piperazine rings is 1. The first-order valence-electron chi connectivity index (χ1n) is 6.95. The highest BCUT2D eigenvalue weighted by Crippen LogP contribution is 2.33. The van der Waals surface area contributed by atoms with Crippen LogP contribution in [0.15, 0.2) is 28.5 Å². The van der Waals surface area contributed by atoms with Crippen LogP contribution in [0.4, 0.5) is 0 Å². The molecule has 128 valence electrons. The molecule has 2 aromatic rings. The van der Waals surface area contributed by atoms with Crippen LogP contribution in [0.1, 0.15) is 6.92 Å². The maximum atomic E-state index is 12.7. The Morgan fingerprint density at radius 2 is 2.04 bits per heavy atom. The molecule has 1 saturated heterocycles. The zero-order chi connectivity index (χ0) is 17.5. The van der Waals surface area contributed by atoms with Crippen molar-refractivity contribution in [1.82, 2.24) is 9.37 Å². The number of thiophene rings is 1.